The fourth-order valence-corrected chi connectivity index (χ4v) is 8.95. The highest BCUT2D eigenvalue weighted by molar-refractivity contribution is 8.00. The third-order valence-corrected chi connectivity index (χ3v) is 10.7. The number of nitrogens with one attached hydrogen (secondary N) is 1. The number of aromatic nitrogens is 1. The first-order valence-corrected chi connectivity index (χ1v) is 15.8. The van der Waals surface area contributed by atoms with Gasteiger partial charge < -0.3 is 10.1 Å². The van der Waals surface area contributed by atoms with E-state index in [1.165, 1.54) is 32.9 Å². The summed E-state index contributed by atoms with van der Waals surface area (Å²) in [5, 5.41) is 4.47. The summed E-state index contributed by atoms with van der Waals surface area (Å²) in [6.45, 7) is 3.68. The Labute approximate surface area is 253 Å². The van der Waals surface area contributed by atoms with E-state index < -0.39 is 29.0 Å². The number of thioether (sulfide) groups is 1. The van der Waals surface area contributed by atoms with E-state index in [1.54, 1.807) is 31.2 Å². The molecule has 2 aromatic carbocycles. The molecular formula is C30H25N3O6S3. The number of rotatable bonds is 7. The van der Waals surface area contributed by atoms with E-state index in [1.807, 2.05) is 36.6 Å². The third-order valence-electron chi connectivity index (χ3n) is 7.17. The molecule has 0 radical (unpaired) electrons. The van der Waals surface area contributed by atoms with Gasteiger partial charge in [0.15, 0.2) is 0 Å². The van der Waals surface area contributed by atoms with Gasteiger partial charge in [0.2, 0.25) is 17.7 Å². The van der Waals surface area contributed by atoms with Crippen LogP contribution in [0.4, 0.5) is 11.4 Å². The van der Waals surface area contributed by atoms with Gasteiger partial charge in [-0.05, 0) is 61.7 Å². The lowest BCUT2D eigenvalue weighted by molar-refractivity contribution is -0.122. The number of thiophene rings is 1. The molecule has 42 heavy (non-hydrogen) atoms. The smallest absolute Gasteiger partial charge is 0.338 e. The van der Waals surface area contributed by atoms with E-state index in [9.17, 15) is 24.0 Å². The second-order valence-electron chi connectivity index (χ2n) is 9.87. The van der Waals surface area contributed by atoms with E-state index in [0.29, 0.717) is 26.8 Å². The molecular weight excluding hydrogens is 595 g/mol. The van der Waals surface area contributed by atoms with Crippen LogP contribution < -0.4 is 15.1 Å². The van der Waals surface area contributed by atoms with E-state index in [0.717, 1.165) is 33.5 Å². The van der Waals surface area contributed by atoms with Crippen molar-refractivity contribution in [3.8, 4) is 0 Å². The van der Waals surface area contributed by atoms with Crippen molar-refractivity contribution in [3.63, 3.8) is 0 Å². The summed E-state index contributed by atoms with van der Waals surface area (Å²) in [7, 11) is 0. The minimum atomic E-state index is -0.790. The molecule has 3 amide bonds. The zero-order valence-corrected chi connectivity index (χ0v) is 25.0. The lowest BCUT2D eigenvalue weighted by atomic mass is 9.87. The average Bonchev–Trinajstić information content (AvgIpc) is 3.67. The zero-order valence-electron chi connectivity index (χ0n) is 22.6. The van der Waals surface area contributed by atoms with Crippen LogP contribution in [0.15, 0.2) is 75.9 Å². The number of esters is 1. The number of thiazole rings is 1. The van der Waals surface area contributed by atoms with Crippen molar-refractivity contribution >= 4 is 69.5 Å². The highest BCUT2D eigenvalue weighted by Crippen LogP contribution is 2.54. The minimum Gasteiger partial charge on any atom is -0.462 e. The minimum absolute atomic E-state index is 0.221. The number of ether oxygens (including phenoxy) is 1. The van der Waals surface area contributed by atoms with Gasteiger partial charge in [-0.3, -0.25) is 23.7 Å². The Morgan fingerprint density at radius 1 is 0.976 bits per heavy atom. The van der Waals surface area contributed by atoms with Crippen molar-refractivity contribution in [2.24, 2.45) is 5.92 Å². The number of imide groups is 1. The maximum absolute atomic E-state index is 13.9. The monoisotopic (exact) mass is 619 g/mol. The van der Waals surface area contributed by atoms with E-state index in [-0.39, 0.29) is 29.8 Å². The number of hydrogen-bond acceptors (Lipinski definition) is 9. The van der Waals surface area contributed by atoms with Gasteiger partial charge in [-0.1, -0.05) is 46.9 Å². The molecule has 2 aliphatic rings. The molecule has 214 valence electrons. The number of anilines is 2. The molecule has 0 spiro atoms. The Hall–Kier alpha value is -4.00. The van der Waals surface area contributed by atoms with E-state index in [2.05, 4.69) is 5.32 Å². The van der Waals surface area contributed by atoms with Gasteiger partial charge in [-0.25, -0.2) is 9.69 Å². The summed E-state index contributed by atoms with van der Waals surface area (Å²) in [6.07, 6.45) is 0. The van der Waals surface area contributed by atoms with Gasteiger partial charge in [-0.15, -0.1) is 11.3 Å². The predicted molar refractivity (Wildman–Crippen MR) is 163 cm³/mol. The SMILES string of the molecule is CCOC(=O)c1ccc(N2C(=O)[C@H]3[C@H](c4cccs4)c4sc(=O)n(CC(=O)Nc5ccc(C)cc5)c4S[C@H]3C2=O)cc1. The number of amides is 3. The number of nitrogens with zero attached hydrogens (tertiary/aromatic N) is 2. The molecule has 3 atom stereocenters. The molecule has 1 saturated heterocycles. The number of fused-ring (bicyclic) bond motifs is 2. The first-order valence-electron chi connectivity index (χ1n) is 13.2. The van der Waals surface area contributed by atoms with Crippen LogP contribution in [0, 0.1) is 12.8 Å². The van der Waals surface area contributed by atoms with Gasteiger partial charge >= 0.3 is 10.8 Å². The molecule has 0 unspecified atom stereocenters. The number of carbonyl (C=O) groups excluding carboxylic acids is 4. The normalized spacial score (nSPS) is 19.4. The van der Waals surface area contributed by atoms with Crippen molar-refractivity contribution in [2.75, 3.05) is 16.8 Å². The van der Waals surface area contributed by atoms with Crippen LogP contribution in [-0.2, 0) is 25.7 Å². The molecule has 1 fully saturated rings. The largest absolute Gasteiger partial charge is 0.462 e. The Morgan fingerprint density at radius 3 is 2.38 bits per heavy atom. The molecule has 4 heterocycles. The molecule has 1 N–H and O–H groups in total. The van der Waals surface area contributed by atoms with Crippen LogP contribution >= 0.6 is 34.4 Å². The summed E-state index contributed by atoms with van der Waals surface area (Å²) in [4.78, 5) is 68.5. The van der Waals surface area contributed by atoms with Crippen LogP contribution in [0.3, 0.4) is 0 Å². The van der Waals surface area contributed by atoms with Gasteiger partial charge in [0, 0.05) is 21.4 Å². The van der Waals surface area contributed by atoms with Gasteiger partial charge in [-0.2, -0.15) is 0 Å². The maximum atomic E-state index is 13.9. The Bertz CT molecular complexity index is 1740. The molecule has 0 saturated carbocycles. The van der Waals surface area contributed by atoms with Crippen molar-refractivity contribution in [1.29, 1.82) is 0 Å². The Balaban J connectivity index is 1.34. The van der Waals surface area contributed by atoms with Crippen molar-refractivity contribution in [1.82, 2.24) is 4.57 Å². The molecule has 12 heteroatoms. The lowest BCUT2D eigenvalue weighted by Crippen LogP contribution is -2.32. The number of aryl methyl sites for hydroxylation is 1. The Morgan fingerprint density at radius 2 is 1.71 bits per heavy atom. The third kappa shape index (κ3) is 4.99. The van der Waals surface area contributed by atoms with Crippen molar-refractivity contribution < 1.29 is 23.9 Å². The zero-order chi connectivity index (χ0) is 29.5. The summed E-state index contributed by atoms with van der Waals surface area (Å²) in [6, 6.07) is 17.3. The fraction of sp³-hybridized carbons (Fsp3) is 0.233. The number of carbonyl (C=O) groups is 4. The van der Waals surface area contributed by atoms with Crippen LogP contribution in [0.2, 0.25) is 0 Å². The fourth-order valence-electron chi connectivity index (χ4n) is 5.23. The van der Waals surface area contributed by atoms with Gasteiger partial charge in [0.05, 0.1) is 28.8 Å². The average molecular weight is 620 g/mol. The topological polar surface area (TPSA) is 115 Å². The summed E-state index contributed by atoms with van der Waals surface area (Å²) >= 11 is 3.63. The van der Waals surface area contributed by atoms with Crippen LogP contribution in [-0.4, -0.2) is 40.1 Å². The van der Waals surface area contributed by atoms with Crippen LogP contribution in [0.5, 0.6) is 0 Å². The maximum Gasteiger partial charge on any atom is 0.338 e. The molecule has 6 rings (SSSR count). The second kappa shape index (κ2) is 11.3. The highest BCUT2D eigenvalue weighted by Gasteiger charge is 2.57. The lowest BCUT2D eigenvalue weighted by Gasteiger charge is -2.29. The summed E-state index contributed by atoms with van der Waals surface area (Å²) in [5.74, 6) is -2.86. The van der Waals surface area contributed by atoms with Crippen LogP contribution in [0.1, 0.15) is 38.5 Å². The van der Waals surface area contributed by atoms with Crippen LogP contribution in [0.25, 0.3) is 0 Å². The number of benzene rings is 2. The molecule has 2 aliphatic heterocycles. The molecule has 0 bridgehead atoms. The first kappa shape index (κ1) is 28.1. The summed E-state index contributed by atoms with van der Waals surface area (Å²) < 4.78 is 6.44. The van der Waals surface area contributed by atoms with Crippen molar-refractivity contribution in [3.05, 3.63) is 96.6 Å². The number of hydrogen-bond donors (Lipinski definition) is 1. The predicted octanol–water partition coefficient (Wildman–Crippen LogP) is 4.89. The standard InChI is InChI=1S/C30H25N3O6S3/c1-3-39-29(37)17-8-12-19(13-9-17)33-26(35)23-22(20-5-4-14-40-20)25-28(41-24(23)27(33)36)32(30(38)42-25)15-21(34)31-18-10-6-16(2)7-11-18/h4-14,22-24H,3,15H2,1-2H3,(H,31,34)/t22-,23-,24+/m0/s1. The second-order valence-corrected chi connectivity index (χ2v) is 13.0. The van der Waals surface area contributed by atoms with E-state index >= 15 is 0 Å². The van der Waals surface area contributed by atoms with Crippen molar-refractivity contribution in [2.45, 2.75) is 36.6 Å². The first-order chi connectivity index (χ1) is 20.3. The Kier molecular flexibility index (Phi) is 7.60. The van der Waals surface area contributed by atoms with E-state index in [4.69, 9.17) is 4.74 Å². The molecule has 2 aromatic heterocycles. The van der Waals surface area contributed by atoms with Gasteiger partial charge in [0.1, 0.15) is 11.8 Å². The summed E-state index contributed by atoms with van der Waals surface area (Å²) in [5.41, 5.74) is 2.35. The molecule has 4 aromatic rings. The quantitative estimate of drug-likeness (QED) is 0.231. The highest BCUT2D eigenvalue weighted by atomic mass is 32.2. The molecule has 0 aliphatic carbocycles. The molecule has 9 nitrogen and oxygen atoms in total. The van der Waals surface area contributed by atoms with Gasteiger partial charge in [0.25, 0.3) is 0 Å².